The number of amides is 1. The van der Waals surface area contributed by atoms with Crippen LogP contribution in [0.3, 0.4) is 0 Å². The summed E-state index contributed by atoms with van der Waals surface area (Å²) in [6.45, 7) is 4.10. The molecule has 1 aromatic heterocycles. The molecule has 1 atom stereocenters. The van der Waals surface area contributed by atoms with Gasteiger partial charge in [0.05, 0.1) is 5.69 Å². The monoisotopic (exact) mass is 346 g/mol. The quantitative estimate of drug-likeness (QED) is 0.906. The van der Waals surface area contributed by atoms with Crippen LogP contribution in [0, 0.1) is 11.6 Å². The second-order valence-electron chi connectivity index (χ2n) is 6.74. The first-order valence-corrected chi connectivity index (χ1v) is 8.63. The van der Waals surface area contributed by atoms with E-state index in [1.807, 2.05) is 11.8 Å². The molecule has 1 fully saturated rings. The Labute approximate surface area is 144 Å². The zero-order chi connectivity index (χ0) is 17.6. The summed E-state index contributed by atoms with van der Waals surface area (Å²) >= 11 is 0. The minimum absolute atomic E-state index is 0.0761. The van der Waals surface area contributed by atoms with E-state index in [9.17, 15) is 13.6 Å². The second kappa shape index (κ2) is 6.22. The maximum atomic E-state index is 13.6. The molecule has 132 valence electrons. The van der Waals surface area contributed by atoms with Crippen LogP contribution in [0.2, 0.25) is 0 Å². The number of hydrogen-bond acceptors (Lipinski definition) is 3. The molecule has 0 radical (unpaired) electrons. The van der Waals surface area contributed by atoms with Gasteiger partial charge in [-0.05, 0) is 38.3 Å². The van der Waals surface area contributed by atoms with Gasteiger partial charge in [0.15, 0.2) is 17.3 Å². The van der Waals surface area contributed by atoms with Crippen LogP contribution in [0.1, 0.15) is 35.1 Å². The minimum atomic E-state index is -0.913. The van der Waals surface area contributed by atoms with Gasteiger partial charge in [-0.15, -0.1) is 0 Å². The smallest absolute Gasteiger partial charge is 0.274 e. The molecule has 0 saturated carbocycles. The molecule has 1 amide bonds. The Kier molecular flexibility index (Phi) is 4.03. The van der Waals surface area contributed by atoms with Crippen molar-refractivity contribution in [3.05, 3.63) is 46.8 Å². The van der Waals surface area contributed by atoms with E-state index in [0.717, 1.165) is 49.2 Å². The van der Waals surface area contributed by atoms with Crippen molar-refractivity contribution >= 4 is 5.91 Å². The van der Waals surface area contributed by atoms with Crippen LogP contribution in [0.4, 0.5) is 8.78 Å². The highest BCUT2D eigenvalue weighted by molar-refractivity contribution is 5.94. The van der Waals surface area contributed by atoms with Crippen LogP contribution in [0.5, 0.6) is 0 Å². The normalized spacial score (nSPS) is 20.0. The molecule has 1 aliphatic carbocycles. The highest BCUT2D eigenvalue weighted by atomic mass is 19.2. The summed E-state index contributed by atoms with van der Waals surface area (Å²) in [4.78, 5) is 14.8. The molecule has 1 aliphatic heterocycles. The molecule has 25 heavy (non-hydrogen) atoms. The minimum Gasteiger partial charge on any atom is -0.334 e. The number of hydrogen-bond donors (Lipinski definition) is 1. The summed E-state index contributed by atoms with van der Waals surface area (Å²) in [5.74, 6) is -1.88. The average Bonchev–Trinajstić information content (AvgIpc) is 3.19. The van der Waals surface area contributed by atoms with E-state index in [2.05, 4.69) is 10.4 Å². The van der Waals surface area contributed by atoms with Crippen LogP contribution in [0.15, 0.2) is 18.2 Å². The fourth-order valence-electron chi connectivity index (χ4n) is 3.71. The second-order valence-corrected chi connectivity index (χ2v) is 6.74. The van der Waals surface area contributed by atoms with Gasteiger partial charge in [0.2, 0.25) is 0 Å². The highest BCUT2D eigenvalue weighted by Crippen LogP contribution is 2.29. The van der Waals surface area contributed by atoms with Gasteiger partial charge in [-0.3, -0.25) is 4.79 Å². The Morgan fingerprint density at radius 1 is 1.28 bits per heavy atom. The molecule has 2 aromatic rings. The summed E-state index contributed by atoms with van der Waals surface area (Å²) in [5, 5.41) is 7.81. The first-order chi connectivity index (χ1) is 12.0. The van der Waals surface area contributed by atoms with Gasteiger partial charge in [0.25, 0.3) is 5.91 Å². The largest absolute Gasteiger partial charge is 0.334 e. The average molecular weight is 346 g/mol. The molecule has 1 N–H and O–H groups in total. The lowest BCUT2D eigenvalue weighted by Gasteiger charge is -2.31. The van der Waals surface area contributed by atoms with Crippen LogP contribution in [0.25, 0.3) is 5.69 Å². The predicted molar refractivity (Wildman–Crippen MR) is 88.9 cm³/mol. The van der Waals surface area contributed by atoms with Gasteiger partial charge < -0.3 is 10.2 Å². The fraction of sp³-hybridized carbons (Fsp3) is 0.444. The number of carbonyl (C=O) groups excluding carboxylic acids is 1. The Morgan fingerprint density at radius 3 is 2.88 bits per heavy atom. The van der Waals surface area contributed by atoms with Crippen LogP contribution < -0.4 is 5.32 Å². The highest BCUT2D eigenvalue weighted by Gasteiger charge is 2.31. The lowest BCUT2D eigenvalue weighted by Crippen LogP contribution is -2.51. The lowest BCUT2D eigenvalue weighted by molar-refractivity contribution is 0.0701. The third-order valence-electron chi connectivity index (χ3n) is 4.94. The number of nitrogens with zero attached hydrogens (tertiary/aromatic N) is 3. The number of piperazine rings is 1. The topological polar surface area (TPSA) is 50.2 Å². The molecule has 5 nitrogen and oxygen atoms in total. The van der Waals surface area contributed by atoms with Gasteiger partial charge in [0, 0.05) is 43.0 Å². The summed E-state index contributed by atoms with van der Waals surface area (Å²) in [5.41, 5.74) is 2.77. The van der Waals surface area contributed by atoms with E-state index in [4.69, 9.17) is 0 Å². The van der Waals surface area contributed by atoms with Gasteiger partial charge in [-0.1, -0.05) is 0 Å². The Hall–Kier alpha value is -2.28. The van der Waals surface area contributed by atoms with E-state index in [-0.39, 0.29) is 11.9 Å². The van der Waals surface area contributed by atoms with Crippen molar-refractivity contribution in [1.82, 2.24) is 20.0 Å². The van der Waals surface area contributed by atoms with Gasteiger partial charge in [-0.25, -0.2) is 13.5 Å². The zero-order valence-electron chi connectivity index (χ0n) is 14.1. The lowest BCUT2D eigenvalue weighted by atomic mass is 10.1. The number of halogens is 2. The molecule has 2 heterocycles. The molecule has 2 aliphatic rings. The number of fused-ring (bicyclic) bond motifs is 1. The Bertz CT molecular complexity index is 833. The predicted octanol–water partition coefficient (Wildman–Crippen LogP) is 2.07. The third kappa shape index (κ3) is 2.82. The van der Waals surface area contributed by atoms with E-state index >= 15 is 0 Å². The molecule has 0 spiro atoms. The molecule has 1 saturated heterocycles. The SMILES string of the molecule is CC1CN(C(=O)c2nn(-c3ccc(F)c(F)c3)c3c2CCC3)CCN1. The third-order valence-corrected chi connectivity index (χ3v) is 4.94. The van der Waals surface area contributed by atoms with E-state index in [1.165, 1.54) is 6.07 Å². The van der Waals surface area contributed by atoms with E-state index in [1.54, 1.807) is 4.68 Å². The van der Waals surface area contributed by atoms with Crippen molar-refractivity contribution in [2.75, 3.05) is 19.6 Å². The number of nitrogens with one attached hydrogen (secondary N) is 1. The number of aromatic nitrogens is 2. The van der Waals surface area contributed by atoms with E-state index < -0.39 is 11.6 Å². The summed E-state index contributed by atoms with van der Waals surface area (Å²) in [7, 11) is 0. The van der Waals surface area contributed by atoms with Gasteiger partial charge >= 0.3 is 0 Å². The van der Waals surface area contributed by atoms with Crippen LogP contribution in [-0.2, 0) is 12.8 Å². The van der Waals surface area contributed by atoms with Crippen molar-refractivity contribution in [1.29, 1.82) is 0 Å². The molecule has 1 unspecified atom stereocenters. The van der Waals surface area contributed by atoms with Crippen LogP contribution in [-0.4, -0.2) is 46.3 Å². The summed E-state index contributed by atoms with van der Waals surface area (Å²) < 4.78 is 28.4. The molecule has 0 bridgehead atoms. The number of rotatable bonds is 2. The Morgan fingerprint density at radius 2 is 2.12 bits per heavy atom. The molecule has 7 heteroatoms. The van der Waals surface area contributed by atoms with Crippen molar-refractivity contribution in [3.8, 4) is 5.69 Å². The van der Waals surface area contributed by atoms with Crippen molar-refractivity contribution < 1.29 is 13.6 Å². The zero-order valence-corrected chi connectivity index (χ0v) is 14.1. The first-order valence-electron chi connectivity index (χ1n) is 8.63. The molecular weight excluding hydrogens is 326 g/mol. The fourth-order valence-corrected chi connectivity index (χ4v) is 3.71. The van der Waals surface area contributed by atoms with Crippen molar-refractivity contribution in [2.45, 2.75) is 32.2 Å². The van der Waals surface area contributed by atoms with Gasteiger partial charge in [-0.2, -0.15) is 5.10 Å². The standard InChI is InChI=1S/C18H20F2N4O/c1-11-10-23(8-7-21-11)18(25)17-13-3-2-4-16(13)24(22-17)12-5-6-14(19)15(20)9-12/h5-6,9,11,21H,2-4,7-8,10H2,1H3. The Balaban J connectivity index is 1.72. The summed E-state index contributed by atoms with van der Waals surface area (Å²) in [6, 6.07) is 3.96. The van der Waals surface area contributed by atoms with Gasteiger partial charge in [0.1, 0.15) is 0 Å². The first kappa shape index (κ1) is 16.2. The van der Waals surface area contributed by atoms with Crippen molar-refractivity contribution in [2.24, 2.45) is 0 Å². The van der Waals surface area contributed by atoms with Crippen LogP contribution >= 0.6 is 0 Å². The molecule has 4 rings (SSSR count). The summed E-state index contributed by atoms with van der Waals surface area (Å²) in [6.07, 6.45) is 2.52. The maximum absolute atomic E-state index is 13.6. The molecule has 1 aromatic carbocycles. The maximum Gasteiger partial charge on any atom is 0.274 e. The van der Waals surface area contributed by atoms with Crippen molar-refractivity contribution in [3.63, 3.8) is 0 Å². The molecular formula is C18H20F2N4O. The van der Waals surface area contributed by atoms with E-state index in [0.29, 0.717) is 24.5 Å². The number of benzene rings is 1. The number of carbonyl (C=O) groups is 1.